The molecule has 8 heteroatoms. The SMILES string of the molecule is CN(Cc1nccn1C)S(=O)(=O)c1ccc(N)cc1Br. The summed E-state index contributed by atoms with van der Waals surface area (Å²) in [6.07, 6.45) is 3.41. The topological polar surface area (TPSA) is 81.2 Å². The van der Waals surface area contributed by atoms with Gasteiger partial charge in [0.05, 0.1) is 11.4 Å². The number of halogens is 1. The van der Waals surface area contributed by atoms with Crippen LogP contribution in [0.5, 0.6) is 0 Å². The van der Waals surface area contributed by atoms with Crippen molar-refractivity contribution in [2.75, 3.05) is 12.8 Å². The van der Waals surface area contributed by atoms with E-state index in [1.54, 1.807) is 29.1 Å². The van der Waals surface area contributed by atoms with Crippen LogP contribution in [0.1, 0.15) is 5.82 Å². The maximum absolute atomic E-state index is 12.5. The van der Waals surface area contributed by atoms with E-state index in [1.807, 2.05) is 7.05 Å². The molecule has 0 unspecified atom stereocenters. The molecule has 0 spiro atoms. The first kappa shape index (κ1) is 15.0. The summed E-state index contributed by atoms with van der Waals surface area (Å²) < 4.78 is 28.5. The van der Waals surface area contributed by atoms with E-state index in [1.165, 1.54) is 17.4 Å². The number of benzene rings is 1. The maximum Gasteiger partial charge on any atom is 0.244 e. The zero-order valence-electron chi connectivity index (χ0n) is 11.1. The Kier molecular flexibility index (Phi) is 4.17. The Morgan fingerprint density at radius 1 is 1.45 bits per heavy atom. The lowest BCUT2D eigenvalue weighted by atomic mass is 10.3. The first-order chi connectivity index (χ1) is 9.32. The van der Waals surface area contributed by atoms with Crippen molar-refractivity contribution in [2.45, 2.75) is 11.4 Å². The second-order valence-corrected chi connectivity index (χ2v) is 7.27. The van der Waals surface area contributed by atoms with E-state index in [2.05, 4.69) is 20.9 Å². The Hall–Kier alpha value is -1.38. The van der Waals surface area contributed by atoms with E-state index in [4.69, 9.17) is 5.73 Å². The van der Waals surface area contributed by atoms with Crippen LogP contribution in [0.3, 0.4) is 0 Å². The lowest BCUT2D eigenvalue weighted by molar-refractivity contribution is 0.451. The number of aromatic nitrogens is 2. The molecule has 0 amide bonds. The van der Waals surface area contributed by atoms with E-state index in [0.717, 1.165) is 0 Å². The minimum absolute atomic E-state index is 0.184. The van der Waals surface area contributed by atoms with Gasteiger partial charge in [0.15, 0.2) is 0 Å². The largest absolute Gasteiger partial charge is 0.399 e. The van der Waals surface area contributed by atoms with Crippen LogP contribution in [0, 0.1) is 0 Å². The fraction of sp³-hybridized carbons (Fsp3) is 0.250. The third kappa shape index (κ3) is 2.87. The molecule has 2 rings (SSSR count). The van der Waals surface area contributed by atoms with E-state index in [0.29, 0.717) is 16.0 Å². The van der Waals surface area contributed by atoms with Crippen molar-refractivity contribution < 1.29 is 8.42 Å². The molecule has 0 saturated carbocycles. The molecular weight excluding hydrogens is 344 g/mol. The summed E-state index contributed by atoms with van der Waals surface area (Å²) in [6, 6.07) is 4.62. The number of rotatable bonds is 4. The summed E-state index contributed by atoms with van der Waals surface area (Å²) in [5, 5.41) is 0. The van der Waals surface area contributed by atoms with Gasteiger partial charge in [0.25, 0.3) is 0 Å². The quantitative estimate of drug-likeness (QED) is 0.841. The highest BCUT2D eigenvalue weighted by molar-refractivity contribution is 9.10. The number of nitrogens with zero attached hydrogens (tertiary/aromatic N) is 3. The van der Waals surface area contributed by atoms with E-state index in [9.17, 15) is 8.42 Å². The highest BCUT2D eigenvalue weighted by Gasteiger charge is 2.24. The minimum atomic E-state index is -3.60. The highest BCUT2D eigenvalue weighted by atomic mass is 79.9. The number of sulfonamides is 1. The Morgan fingerprint density at radius 2 is 2.15 bits per heavy atom. The number of hydrogen-bond donors (Lipinski definition) is 1. The van der Waals surface area contributed by atoms with Crippen molar-refractivity contribution in [1.29, 1.82) is 0 Å². The third-order valence-corrected chi connectivity index (χ3v) is 5.71. The van der Waals surface area contributed by atoms with Gasteiger partial charge < -0.3 is 10.3 Å². The smallest absolute Gasteiger partial charge is 0.244 e. The van der Waals surface area contributed by atoms with Crippen LogP contribution >= 0.6 is 15.9 Å². The van der Waals surface area contributed by atoms with Crippen molar-refractivity contribution in [2.24, 2.45) is 7.05 Å². The van der Waals surface area contributed by atoms with Gasteiger partial charge in [-0.2, -0.15) is 4.31 Å². The first-order valence-corrected chi connectivity index (χ1v) is 8.03. The monoisotopic (exact) mass is 358 g/mol. The van der Waals surface area contributed by atoms with Crippen molar-refractivity contribution in [3.63, 3.8) is 0 Å². The Balaban J connectivity index is 2.32. The van der Waals surface area contributed by atoms with Crippen LogP contribution in [0.15, 0.2) is 40.0 Å². The fourth-order valence-electron chi connectivity index (χ4n) is 1.73. The zero-order valence-corrected chi connectivity index (χ0v) is 13.5. The second kappa shape index (κ2) is 5.55. The van der Waals surface area contributed by atoms with Crippen LogP contribution in [-0.4, -0.2) is 29.3 Å². The zero-order chi connectivity index (χ0) is 14.9. The van der Waals surface area contributed by atoms with Crippen LogP contribution in [0.2, 0.25) is 0 Å². The number of hydrogen-bond acceptors (Lipinski definition) is 4. The third-order valence-electron chi connectivity index (χ3n) is 2.93. The maximum atomic E-state index is 12.5. The molecule has 2 aromatic rings. The average molecular weight is 359 g/mol. The van der Waals surface area contributed by atoms with Gasteiger partial charge in [0.2, 0.25) is 10.0 Å². The molecule has 1 aromatic carbocycles. The molecule has 108 valence electrons. The van der Waals surface area contributed by atoms with Crippen LogP contribution in [0.4, 0.5) is 5.69 Å². The molecule has 0 aliphatic heterocycles. The van der Waals surface area contributed by atoms with Crippen molar-refractivity contribution in [3.8, 4) is 0 Å². The molecule has 0 saturated heterocycles. The minimum Gasteiger partial charge on any atom is -0.399 e. The Bertz CT molecular complexity index is 727. The van der Waals surface area contributed by atoms with Gasteiger partial charge in [-0.15, -0.1) is 0 Å². The summed E-state index contributed by atoms with van der Waals surface area (Å²) in [4.78, 5) is 4.31. The Labute approximate surface area is 126 Å². The predicted octanol–water partition coefficient (Wildman–Crippen LogP) is 1.59. The molecule has 0 atom stereocenters. The van der Waals surface area contributed by atoms with Crippen molar-refractivity contribution >= 4 is 31.6 Å². The fourth-order valence-corrected chi connectivity index (χ4v) is 3.90. The number of anilines is 1. The van der Waals surface area contributed by atoms with Gasteiger partial charge in [-0.05, 0) is 34.1 Å². The van der Waals surface area contributed by atoms with Gasteiger partial charge in [0, 0.05) is 36.6 Å². The van der Waals surface area contributed by atoms with Crippen molar-refractivity contribution in [3.05, 3.63) is 40.9 Å². The number of imidazole rings is 1. The summed E-state index contributed by atoms with van der Waals surface area (Å²) >= 11 is 3.24. The molecule has 6 nitrogen and oxygen atoms in total. The van der Waals surface area contributed by atoms with E-state index >= 15 is 0 Å². The molecule has 0 radical (unpaired) electrons. The second-order valence-electron chi connectivity index (χ2n) is 4.41. The molecular formula is C12H15BrN4O2S. The molecule has 0 bridgehead atoms. The van der Waals surface area contributed by atoms with Gasteiger partial charge in [0.1, 0.15) is 5.82 Å². The van der Waals surface area contributed by atoms with Gasteiger partial charge in [-0.25, -0.2) is 13.4 Å². The standard InChI is InChI=1S/C12H15BrN4O2S/c1-16-6-5-15-12(16)8-17(2)20(18,19)11-4-3-9(14)7-10(11)13/h3-7H,8,14H2,1-2H3. The average Bonchev–Trinajstić information content (AvgIpc) is 2.74. The number of aryl methyl sites for hydroxylation is 1. The number of nitrogen functional groups attached to an aromatic ring is 1. The lowest BCUT2D eigenvalue weighted by Gasteiger charge is -2.18. The molecule has 0 fully saturated rings. The lowest BCUT2D eigenvalue weighted by Crippen LogP contribution is -2.28. The van der Waals surface area contributed by atoms with Gasteiger partial charge >= 0.3 is 0 Å². The van der Waals surface area contributed by atoms with Gasteiger partial charge in [-0.3, -0.25) is 0 Å². The molecule has 1 heterocycles. The van der Waals surface area contributed by atoms with Crippen LogP contribution in [-0.2, 0) is 23.6 Å². The molecule has 2 N–H and O–H groups in total. The van der Waals surface area contributed by atoms with E-state index in [-0.39, 0.29) is 11.4 Å². The molecule has 1 aromatic heterocycles. The molecule has 20 heavy (non-hydrogen) atoms. The van der Waals surface area contributed by atoms with Crippen LogP contribution < -0.4 is 5.73 Å². The normalized spacial score (nSPS) is 12.0. The Morgan fingerprint density at radius 3 is 2.70 bits per heavy atom. The number of nitrogens with two attached hydrogens (primary N) is 1. The van der Waals surface area contributed by atoms with E-state index < -0.39 is 10.0 Å². The van der Waals surface area contributed by atoms with Gasteiger partial charge in [-0.1, -0.05) is 0 Å². The first-order valence-electron chi connectivity index (χ1n) is 5.80. The summed E-state index contributed by atoms with van der Waals surface area (Å²) in [6.45, 7) is 0.197. The molecule has 0 aliphatic carbocycles. The molecule has 0 aliphatic rings. The highest BCUT2D eigenvalue weighted by Crippen LogP contribution is 2.27. The summed E-state index contributed by atoms with van der Waals surface area (Å²) in [5.41, 5.74) is 6.13. The van der Waals surface area contributed by atoms with Crippen molar-refractivity contribution in [1.82, 2.24) is 13.9 Å². The summed E-state index contributed by atoms with van der Waals surface area (Å²) in [7, 11) is -0.260. The predicted molar refractivity (Wildman–Crippen MR) is 80.4 cm³/mol. The van der Waals surface area contributed by atoms with Crippen LogP contribution in [0.25, 0.3) is 0 Å². The summed E-state index contributed by atoms with van der Waals surface area (Å²) in [5.74, 6) is 0.669.